The number of nitrogens with zero attached hydrogens (tertiary/aromatic N) is 1. The number of Topliss-reactive ketones (excluding diaryl/α,β-unsaturated/α-hetero) is 1. The Morgan fingerprint density at radius 1 is 1.08 bits per heavy atom. The minimum atomic E-state index is 0. The number of halogens is 1. The van der Waals surface area contributed by atoms with Crippen LogP contribution in [0.1, 0.15) is 34.7 Å². The molecule has 26 heavy (non-hydrogen) atoms. The molecule has 1 aliphatic heterocycles. The van der Waals surface area contributed by atoms with Gasteiger partial charge in [0.2, 0.25) is 0 Å². The Labute approximate surface area is 161 Å². The third kappa shape index (κ3) is 4.77. The summed E-state index contributed by atoms with van der Waals surface area (Å²) in [5, 5.41) is 0. The molecule has 0 spiro atoms. The van der Waals surface area contributed by atoms with Gasteiger partial charge in [-0.25, -0.2) is 0 Å². The van der Waals surface area contributed by atoms with Gasteiger partial charge >= 0.3 is 0 Å². The number of carbonyl (C=O) groups is 1. The molecule has 0 radical (unpaired) electrons. The van der Waals surface area contributed by atoms with Crippen LogP contribution < -0.4 is 9.47 Å². The van der Waals surface area contributed by atoms with Crippen molar-refractivity contribution in [2.75, 3.05) is 33.9 Å². The van der Waals surface area contributed by atoms with Crippen LogP contribution in [-0.2, 0) is 0 Å². The zero-order valence-electron chi connectivity index (χ0n) is 15.3. The maximum Gasteiger partial charge on any atom is 0.164 e. The topological polar surface area (TPSA) is 38.8 Å². The van der Waals surface area contributed by atoms with Crippen molar-refractivity contribution in [3.05, 3.63) is 59.7 Å². The van der Waals surface area contributed by atoms with E-state index >= 15 is 0 Å². The summed E-state index contributed by atoms with van der Waals surface area (Å²) in [5.74, 6) is 1.96. The molecular weight excluding hydrogens is 350 g/mol. The van der Waals surface area contributed by atoms with Crippen molar-refractivity contribution in [3.63, 3.8) is 0 Å². The number of hydrogen-bond acceptors (Lipinski definition) is 4. The van der Waals surface area contributed by atoms with Crippen molar-refractivity contribution in [2.45, 2.75) is 18.8 Å². The highest BCUT2D eigenvalue weighted by Crippen LogP contribution is 2.29. The van der Waals surface area contributed by atoms with Crippen LogP contribution in [0.5, 0.6) is 11.5 Å². The fourth-order valence-corrected chi connectivity index (χ4v) is 3.45. The third-order valence-electron chi connectivity index (χ3n) is 4.90. The molecule has 0 aromatic heterocycles. The van der Waals surface area contributed by atoms with Crippen LogP contribution in [0.3, 0.4) is 0 Å². The molecular formula is C21H26ClNO3. The Kier molecular flexibility index (Phi) is 7.49. The van der Waals surface area contributed by atoms with Gasteiger partial charge in [0.15, 0.2) is 17.3 Å². The number of methoxy groups -OCH3 is 2. The summed E-state index contributed by atoms with van der Waals surface area (Å²) in [4.78, 5) is 14.9. The highest BCUT2D eigenvalue weighted by Gasteiger charge is 2.24. The molecule has 2 aromatic carbocycles. The van der Waals surface area contributed by atoms with Crippen LogP contribution in [0.15, 0.2) is 48.5 Å². The highest BCUT2D eigenvalue weighted by atomic mass is 35.5. The van der Waals surface area contributed by atoms with Crippen LogP contribution in [0.25, 0.3) is 0 Å². The van der Waals surface area contributed by atoms with E-state index < -0.39 is 0 Å². The minimum Gasteiger partial charge on any atom is -0.493 e. The number of benzene rings is 2. The molecule has 1 unspecified atom stereocenters. The Balaban J connectivity index is 0.00000243. The van der Waals surface area contributed by atoms with Crippen molar-refractivity contribution in [1.29, 1.82) is 0 Å². The van der Waals surface area contributed by atoms with Crippen LogP contribution in [-0.4, -0.2) is 44.5 Å². The number of hydrogen-bond donors (Lipinski definition) is 0. The van der Waals surface area contributed by atoms with Gasteiger partial charge in [-0.3, -0.25) is 4.79 Å². The quantitative estimate of drug-likeness (QED) is 0.680. The fraction of sp³-hybridized carbons (Fsp3) is 0.381. The van der Waals surface area contributed by atoms with Gasteiger partial charge in [0.1, 0.15) is 0 Å². The van der Waals surface area contributed by atoms with Crippen LogP contribution in [0, 0.1) is 0 Å². The van der Waals surface area contributed by atoms with Gasteiger partial charge < -0.3 is 14.4 Å². The lowest BCUT2D eigenvalue weighted by Gasteiger charge is -2.16. The van der Waals surface area contributed by atoms with Gasteiger partial charge in [-0.2, -0.15) is 0 Å². The normalized spacial score (nSPS) is 16.8. The second kappa shape index (κ2) is 9.60. The van der Waals surface area contributed by atoms with E-state index in [-0.39, 0.29) is 18.2 Å². The largest absolute Gasteiger partial charge is 0.493 e. The summed E-state index contributed by atoms with van der Waals surface area (Å²) in [6, 6.07) is 16.0. The van der Waals surface area contributed by atoms with Crippen molar-refractivity contribution >= 4 is 18.2 Å². The average Bonchev–Trinajstić information content (AvgIpc) is 3.15. The van der Waals surface area contributed by atoms with E-state index in [0.29, 0.717) is 29.4 Å². The Morgan fingerprint density at radius 2 is 1.81 bits per heavy atom. The van der Waals surface area contributed by atoms with E-state index in [1.165, 1.54) is 5.56 Å². The second-order valence-electron chi connectivity index (χ2n) is 6.44. The molecule has 140 valence electrons. The Hall–Kier alpha value is -2.04. The van der Waals surface area contributed by atoms with Gasteiger partial charge in [-0.1, -0.05) is 30.3 Å². The number of ketones is 1. The summed E-state index contributed by atoms with van der Waals surface area (Å²) < 4.78 is 10.5. The van der Waals surface area contributed by atoms with Gasteiger partial charge in [0, 0.05) is 25.1 Å². The molecule has 1 fully saturated rings. The molecule has 0 saturated carbocycles. The molecule has 4 nitrogen and oxygen atoms in total. The van der Waals surface area contributed by atoms with E-state index in [9.17, 15) is 4.79 Å². The summed E-state index contributed by atoms with van der Waals surface area (Å²) >= 11 is 0. The van der Waals surface area contributed by atoms with Crippen molar-refractivity contribution < 1.29 is 14.3 Å². The van der Waals surface area contributed by atoms with E-state index in [0.717, 1.165) is 26.1 Å². The lowest BCUT2D eigenvalue weighted by atomic mass is 9.99. The molecule has 1 saturated heterocycles. The van der Waals surface area contributed by atoms with E-state index in [1.54, 1.807) is 32.4 Å². The molecule has 1 heterocycles. The second-order valence-corrected chi connectivity index (χ2v) is 6.44. The standard InChI is InChI=1S/C21H25NO3.ClH/c1-24-20-9-8-17(14-21(20)25-2)19(23)11-13-22-12-10-18(15-22)16-6-4-3-5-7-16;/h3-9,14,18H,10-13,15H2,1-2H3;1H. The number of likely N-dealkylation sites (tertiary alicyclic amines) is 1. The fourth-order valence-electron chi connectivity index (χ4n) is 3.45. The van der Waals surface area contributed by atoms with Crippen LogP contribution in [0.2, 0.25) is 0 Å². The lowest BCUT2D eigenvalue weighted by Crippen LogP contribution is -2.23. The van der Waals surface area contributed by atoms with Crippen LogP contribution >= 0.6 is 12.4 Å². The molecule has 1 atom stereocenters. The molecule has 0 aliphatic carbocycles. The Bertz CT molecular complexity index is 720. The summed E-state index contributed by atoms with van der Waals surface area (Å²) in [6.07, 6.45) is 1.69. The monoisotopic (exact) mass is 375 g/mol. The zero-order valence-corrected chi connectivity index (χ0v) is 16.1. The minimum absolute atomic E-state index is 0. The molecule has 0 bridgehead atoms. The first-order chi connectivity index (χ1) is 12.2. The number of ether oxygens (including phenoxy) is 2. The number of carbonyl (C=O) groups excluding carboxylic acids is 1. The third-order valence-corrected chi connectivity index (χ3v) is 4.90. The maximum atomic E-state index is 12.5. The molecule has 0 N–H and O–H groups in total. The van der Waals surface area contributed by atoms with E-state index in [2.05, 4.69) is 35.2 Å². The molecule has 5 heteroatoms. The summed E-state index contributed by atoms with van der Waals surface area (Å²) in [6.45, 7) is 2.89. The lowest BCUT2D eigenvalue weighted by molar-refractivity contribution is 0.0968. The van der Waals surface area contributed by atoms with Crippen LogP contribution in [0.4, 0.5) is 0 Å². The summed E-state index contributed by atoms with van der Waals surface area (Å²) in [5.41, 5.74) is 2.08. The smallest absolute Gasteiger partial charge is 0.164 e. The predicted molar refractivity (Wildman–Crippen MR) is 106 cm³/mol. The Morgan fingerprint density at radius 3 is 2.50 bits per heavy atom. The van der Waals surface area contributed by atoms with Crippen molar-refractivity contribution in [3.8, 4) is 11.5 Å². The SMILES string of the molecule is COc1ccc(C(=O)CCN2CCC(c3ccccc3)C2)cc1OC.Cl. The molecule has 2 aromatic rings. The zero-order chi connectivity index (χ0) is 17.6. The van der Waals surface area contributed by atoms with Crippen molar-refractivity contribution in [2.24, 2.45) is 0 Å². The molecule has 3 rings (SSSR count). The molecule has 1 aliphatic rings. The maximum absolute atomic E-state index is 12.5. The van der Waals surface area contributed by atoms with Gasteiger partial charge in [0.05, 0.1) is 14.2 Å². The van der Waals surface area contributed by atoms with E-state index in [1.807, 2.05) is 0 Å². The van der Waals surface area contributed by atoms with Gasteiger partial charge in [-0.15, -0.1) is 12.4 Å². The summed E-state index contributed by atoms with van der Waals surface area (Å²) in [7, 11) is 3.18. The first-order valence-corrected chi connectivity index (χ1v) is 8.73. The highest BCUT2D eigenvalue weighted by molar-refractivity contribution is 5.96. The number of rotatable bonds is 7. The first-order valence-electron chi connectivity index (χ1n) is 8.73. The van der Waals surface area contributed by atoms with Gasteiger partial charge in [-0.05, 0) is 42.6 Å². The first kappa shape index (κ1) is 20.3. The van der Waals surface area contributed by atoms with E-state index in [4.69, 9.17) is 9.47 Å². The van der Waals surface area contributed by atoms with Gasteiger partial charge in [0.25, 0.3) is 0 Å². The molecule has 0 amide bonds. The van der Waals surface area contributed by atoms with Crippen molar-refractivity contribution in [1.82, 2.24) is 4.90 Å². The predicted octanol–water partition coefficient (Wildman–Crippen LogP) is 4.19. The average molecular weight is 376 g/mol.